The molecular weight excluding hydrogens is 762 g/mol. The van der Waals surface area contributed by atoms with Gasteiger partial charge in [0.2, 0.25) is 0 Å². The van der Waals surface area contributed by atoms with Crippen LogP contribution in [0, 0.1) is 11.6 Å². The van der Waals surface area contributed by atoms with E-state index in [1.165, 1.54) is 138 Å². The molecule has 1 aromatic carbocycles. The maximum absolute atomic E-state index is 15.9. The largest absolute Gasteiger partial charge is 0.336 e. The highest BCUT2D eigenvalue weighted by molar-refractivity contribution is 9.11. The molecule has 0 fully saturated rings. The molecule has 0 spiro atoms. The van der Waals surface area contributed by atoms with Gasteiger partial charge in [-0.2, -0.15) is 0 Å². The van der Waals surface area contributed by atoms with Gasteiger partial charge >= 0.3 is 0 Å². The third-order valence-corrected chi connectivity index (χ3v) is 13.1. The average molecular weight is 815 g/mol. The van der Waals surface area contributed by atoms with Crippen LogP contribution < -0.4 is 0 Å². The Morgan fingerprint density at radius 1 is 0.574 bits per heavy atom. The monoisotopic (exact) mass is 812 g/mol. The molecule has 0 amide bonds. The second kappa shape index (κ2) is 21.1. The van der Waals surface area contributed by atoms with E-state index in [0.29, 0.717) is 9.75 Å². The molecule has 4 rings (SSSR count). The molecule has 0 radical (unpaired) electrons. The fourth-order valence-electron chi connectivity index (χ4n) is 6.39. The summed E-state index contributed by atoms with van der Waals surface area (Å²) in [6.07, 6.45) is 27.4. The number of rotatable bonds is 24. The summed E-state index contributed by atoms with van der Waals surface area (Å²) in [6, 6.07) is 3.94. The zero-order valence-electron chi connectivity index (χ0n) is 28.3. The molecule has 3 nitrogen and oxygen atoms in total. The first-order chi connectivity index (χ1) is 23.0. The summed E-state index contributed by atoms with van der Waals surface area (Å²) in [5.74, 6) is -1.81. The SMILES string of the molecule is CCCCCCCCCCCCc1cc(-c2c(F)c(F)c(-c3cc(CCCCCCCCCCCC)c(Br)s3)c3onnc23)sc1Br. The Morgan fingerprint density at radius 3 is 1.40 bits per heavy atom. The zero-order valence-corrected chi connectivity index (χ0v) is 33.1. The minimum absolute atomic E-state index is 0.104. The van der Waals surface area contributed by atoms with Gasteiger partial charge in [0.1, 0.15) is 5.52 Å². The Bertz CT molecular complexity index is 1390. The number of hydrogen-bond acceptors (Lipinski definition) is 5. The summed E-state index contributed by atoms with van der Waals surface area (Å²) in [4.78, 5) is 1.26. The van der Waals surface area contributed by atoms with Crippen LogP contribution in [-0.2, 0) is 12.8 Å². The van der Waals surface area contributed by atoms with Crippen molar-refractivity contribution >= 4 is 65.6 Å². The molecule has 0 bridgehead atoms. The van der Waals surface area contributed by atoms with Crippen molar-refractivity contribution in [2.24, 2.45) is 0 Å². The van der Waals surface area contributed by atoms with Crippen LogP contribution in [0.5, 0.6) is 0 Å². The van der Waals surface area contributed by atoms with Crippen LogP contribution in [0.1, 0.15) is 153 Å². The van der Waals surface area contributed by atoms with Crippen LogP contribution in [-0.4, -0.2) is 10.4 Å². The summed E-state index contributed by atoms with van der Waals surface area (Å²) < 4.78 is 39.3. The second-order valence-corrected chi connectivity index (χ2v) is 17.8. The Balaban J connectivity index is 1.35. The number of nitrogens with zero attached hydrogens (tertiary/aromatic N) is 2. The lowest BCUT2D eigenvalue weighted by Gasteiger charge is -2.07. The highest BCUT2D eigenvalue weighted by Gasteiger charge is 2.28. The third kappa shape index (κ3) is 11.4. The van der Waals surface area contributed by atoms with E-state index in [0.717, 1.165) is 44.4 Å². The number of thiophene rings is 2. The lowest BCUT2D eigenvalue weighted by molar-refractivity contribution is 0.423. The maximum Gasteiger partial charge on any atom is 0.199 e. The average Bonchev–Trinajstić information content (AvgIpc) is 3.78. The lowest BCUT2D eigenvalue weighted by Crippen LogP contribution is -1.95. The molecule has 0 N–H and O–H groups in total. The summed E-state index contributed by atoms with van der Waals surface area (Å²) in [5.41, 5.74) is 2.93. The first-order valence-corrected chi connectivity index (χ1v) is 21.4. The summed E-state index contributed by atoms with van der Waals surface area (Å²) >= 11 is 10.2. The fourth-order valence-corrected chi connectivity index (χ4v) is 10.0. The van der Waals surface area contributed by atoms with Crippen molar-refractivity contribution in [1.29, 1.82) is 0 Å². The van der Waals surface area contributed by atoms with Crippen LogP contribution in [0.2, 0.25) is 0 Å². The summed E-state index contributed by atoms with van der Waals surface area (Å²) in [7, 11) is 0. The molecule has 260 valence electrons. The predicted molar refractivity (Wildman–Crippen MR) is 205 cm³/mol. The van der Waals surface area contributed by atoms with Crippen molar-refractivity contribution < 1.29 is 13.3 Å². The van der Waals surface area contributed by atoms with Gasteiger partial charge in [0.05, 0.1) is 18.7 Å². The highest BCUT2D eigenvalue weighted by Crippen LogP contribution is 2.46. The topological polar surface area (TPSA) is 38.9 Å². The molecule has 0 aliphatic rings. The van der Waals surface area contributed by atoms with Crippen LogP contribution in [0.15, 0.2) is 24.2 Å². The van der Waals surface area contributed by atoms with Crippen LogP contribution >= 0.6 is 54.5 Å². The molecular formula is C38H52Br2F2N2OS2. The number of aromatic nitrogens is 2. The zero-order chi connectivity index (χ0) is 33.4. The molecule has 0 saturated carbocycles. The number of benzene rings is 1. The molecule has 0 unspecified atom stereocenters. The maximum atomic E-state index is 15.9. The van der Waals surface area contributed by atoms with Crippen molar-refractivity contribution in [3.63, 3.8) is 0 Å². The molecule has 3 heterocycles. The Labute approximate surface area is 305 Å². The van der Waals surface area contributed by atoms with Crippen molar-refractivity contribution in [2.45, 2.75) is 155 Å². The van der Waals surface area contributed by atoms with Crippen molar-refractivity contribution in [3.8, 4) is 20.9 Å². The number of unbranched alkanes of at least 4 members (excludes halogenated alkanes) is 18. The van der Waals surface area contributed by atoms with Crippen molar-refractivity contribution in [3.05, 3.63) is 42.5 Å². The van der Waals surface area contributed by atoms with Gasteiger partial charge in [0, 0.05) is 15.0 Å². The van der Waals surface area contributed by atoms with Crippen molar-refractivity contribution in [2.75, 3.05) is 0 Å². The fraction of sp³-hybridized carbons (Fsp3) is 0.632. The molecule has 4 aromatic rings. The molecule has 0 aliphatic carbocycles. The first kappa shape index (κ1) is 38.6. The van der Waals surface area contributed by atoms with Crippen LogP contribution in [0.25, 0.3) is 32.0 Å². The predicted octanol–water partition coefficient (Wildman–Crippen LogP) is 15.4. The van der Waals surface area contributed by atoms with Gasteiger partial charge in [0.15, 0.2) is 17.2 Å². The number of hydrogen-bond donors (Lipinski definition) is 0. The number of aryl methyl sites for hydroxylation is 2. The van der Waals surface area contributed by atoms with E-state index in [9.17, 15) is 0 Å². The molecule has 47 heavy (non-hydrogen) atoms. The van der Waals surface area contributed by atoms with Gasteiger partial charge in [0.25, 0.3) is 0 Å². The van der Waals surface area contributed by atoms with Gasteiger partial charge in [-0.3, -0.25) is 0 Å². The quantitative estimate of drug-likeness (QED) is 0.0662. The van der Waals surface area contributed by atoms with Gasteiger partial charge in [-0.15, -0.1) is 27.8 Å². The third-order valence-electron chi connectivity index (χ3n) is 9.19. The lowest BCUT2D eigenvalue weighted by atomic mass is 10.0. The van der Waals surface area contributed by atoms with E-state index in [4.69, 9.17) is 4.52 Å². The highest BCUT2D eigenvalue weighted by atomic mass is 79.9. The smallest absolute Gasteiger partial charge is 0.199 e. The molecule has 3 aromatic heterocycles. The number of halogens is 4. The first-order valence-electron chi connectivity index (χ1n) is 18.2. The van der Waals surface area contributed by atoms with E-state index < -0.39 is 11.6 Å². The minimum Gasteiger partial charge on any atom is -0.336 e. The van der Waals surface area contributed by atoms with E-state index in [2.05, 4.69) is 56.1 Å². The Hall–Kier alpha value is -1.16. The van der Waals surface area contributed by atoms with Gasteiger partial charge < -0.3 is 4.52 Å². The van der Waals surface area contributed by atoms with E-state index >= 15 is 8.78 Å². The Kier molecular flexibility index (Phi) is 17.4. The molecule has 0 atom stereocenters. The minimum atomic E-state index is -0.911. The molecule has 9 heteroatoms. The summed E-state index contributed by atoms with van der Waals surface area (Å²) in [6.45, 7) is 4.51. The summed E-state index contributed by atoms with van der Waals surface area (Å²) in [5, 5.41) is 7.90. The van der Waals surface area contributed by atoms with Gasteiger partial charge in [-0.25, -0.2) is 8.78 Å². The second-order valence-electron chi connectivity index (χ2n) is 13.0. The van der Waals surface area contributed by atoms with Crippen LogP contribution in [0.4, 0.5) is 8.78 Å². The number of fused-ring (bicyclic) bond motifs is 1. The standard InChI is InChI=1S/C38H52Br2F2N2OS2/c1-3-5-7-9-11-13-15-17-19-21-23-27-25-29(46-37(27)39)31-33(41)34(42)32(36-35(31)43-44-45-36)30-26-28(38(40)47-30)24-22-20-18-16-14-12-10-8-6-4-2/h25-26H,3-24H2,1-2H3. The molecule has 0 aliphatic heterocycles. The van der Waals surface area contributed by atoms with Gasteiger partial charge in [-0.1, -0.05) is 129 Å². The normalized spacial score (nSPS) is 11.8. The van der Waals surface area contributed by atoms with Gasteiger partial charge in [-0.05, 0) is 80.8 Å². The van der Waals surface area contributed by atoms with Crippen LogP contribution in [0.3, 0.4) is 0 Å². The van der Waals surface area contributed by atoms with E-state index in [1.54, 1.807) is 0 Å². The Morgan fingerprint density at radius 2 is 0.957 bits per heavy atom. The molecule has 0 saturated heterocycles. The van der Waals surface area contributed by atoms with E-state index in [-0.39, 0.29) is 22.2 Å². The van der Waals surface area contributed by atoms with Crippen molar-refractivity contribution in [1.82, 2.24) is 10.4 Å². The van der Waals surface area contributed by atoms with E-state index in [1.807, 2.05) is 12.1 Å².